The van der Waals surface area contributed by atoms with Gasteiger partial charge in [-0.25, -0.2) is 9.97 Å². The van der Waals surface area contributed by atoms with Crippen molar-refractivity contribution >= 4 is 11.6 Å². The van der Waals surface area contributed by atoms with Crippen LogP contribution in [0, 0.1) is 5.92 Å². The van der Waals surface area contributed by atoms with E-state index in [1.54, 1.807) is 7.11 Å². The van der Waals surface area contributed by atoms with Crippen molar-refractivity contribution in [3.63, 3.8) is 0 Å². The Hall–Kier alpha value is -1.40. The average molecular weight is 266 g/mol. The molecule has 2 heterocycles. The predicted octanol–water partition coefficient (Wildman–Crippen LogP) is 0.872. The molecule has 106 valence electrons. The molecule has 1 aliphatic rings. The van der Waals surface area contributed by atoms with E-state index in [4.69, 9.17) is 4.74 Å². The summed E-state index contributed by atoms with van der Waals surface area (Å²) in [5.74, 6) is 2.76. The van der Waals surface area contributed by atoms with E-state index in [-0.39, 0.29) is 12.6 Å². The van der Waals surface area contributed by atoms with E-state index < -0.39 is 0 Å². The predicted molar refractivity (Wildman–Crippen MR) is 74.3 cm³/mol. The van der Waals surface area contributed by atoms with Crippen molar-refractivity contribution in [2.45, 2.75) is 26.0 Å². The van der Waals surface area contributed by atoms with Gasteiger partial charge in [-0.15, -0.1) is 0 Å². The Morgan fingerprint density at radius 3 is 2.95 bits per heavy atom. The Kier molecular flexibility index (Phi) is 4.55. The summed E-state index contributed by atoms with van der Waals surface area (Å²) in [7, 11) is 3.46. The molecule has 2 atom stereocenters. The van der Waals surface area contributed by atoms with Crippen LogP contribution in [0.3, 0.4) is 0 Å². The fourth-order valence-corrected chi connectivity index (χ4v) is 2.52. The van der Waals surface area contributed by atoms with Crippen LogP contribution in [-0.2, 0) is 11.3 Å². The lowest BCUT2D eigenvalue weighted by atomic mass is 10.0. The van der Waals surface area contributed by atoms with Crippen LogP contribution in [0.15, 0.2) is 6.07 Å². The number of aliphatic hydroxyl groups excluding tert-OH is 1. The van der Waals surface area contributed by atoms with E-state index in [1.807, 2.05) is 13.1 Å². The SMILES string of the molecule is CNc1cc(N2CCC(C)C2CO)nc(COC)n1. The number of aromatic nitrogens is 2. The van der Waals surface area contributed by atoms with Gasteiger partial charge in [-0.2, -0.15) is 0 Å². The summed E-state index contributed by atoms with van der Waals surface area (Å²) in [5, 5.41) is 12.6. The van der Waals surface area contributed by atoms with E-state index in [1.165, 1.54) is 0 Å². The molecule has 2 unspecified atom stereocenters. The van der Waals surface area contributed by atoms with Crippen molar-refractivity contribution < 1.29 is 9.84 Å². The summed E-state index contributed by atoms with van der Waals surface area (Å²) in [4.78, 5) is 11.0. The van der Waals surface area contributed by atoms with Gasteiger partial charge < -0.3 is 20.1 Å². The molecular weight excluding hydrogens is 244 g/mol. The number of methoxy groups -OCH3 is 1. The van der Waals surface area contributed by atoms with Crippen LogP contribution in [0.25, 0.3) is 0 Å². The molecule has 0 spiro atoms. The first-order valence-corrected chi connectivity index (χ1v) is 6.61. The third kappa shape index (κ3) is 2.96. The molecule has 1 aliphatic heterocycles. The second-order valence-corrected chi connectivity index (χ2v) is 4.92. The zero-order chi connectivity index (χ0) is 13.8. The lowest BCUT2D eigenvalue weighted by molar-refractivity contribution is 0.178. The Balaban J connectivity index is 2.30. The Bertz CT molecular complexity index is 427. The largest absolute Gasteiger partial charge is 0.394 e. The normalized spacial score (nSPS) is 22.8. The number of nitrogens with one attached hydrogen (secondary N) is 1. The minimum atomic E-state index is 0.134. The van der Waals surface area contributed by atoms with Crippen LogP contribution in [0.4, 0.5) is 11.6 Å². The number of aliphatic hydroxyl groups is 1. The maximum Gasteiger partial charge on any atom is 0.158 e. The highest BCUT2D eigenvalue weighted by molar-refractivity contribution is 5.50. The summed E-state index contributed by atoms with van der Waals surface area (Å²) in [6, 6.07) is 2.05. The van der Waals surface area contributed by atoms with Crippen molar-refractivity contribution in [2.75, 3.05) is 37.5 Å². The van der Waals surface area contributed by atoms with Gasteiger partial charge in [-0.05, 0) is 12.3 Å². The fraction of sp³-hybridized carbons (Fsp3) is 0.692. The minimum Gasteiger partial charge on any atom is -0.394 e. The smallest absolute Gasteiger partial charge is 0.158 e. The van der Waals surface area contributed by atoms with Gasteiger partial charge in [0, 0.05) is 26.8 Å². The Morgan fingerprint density at radius 2 is 2.32 bits per heavy atom. The van der Waals surface area contributed by atoms with Crippen molar-refractivity contribution in [3.8, 4) is 0 Å². The van der Waals surface area contributed by atoms with Crippen LogP contribution < -0.4 is 10.2 Å². The van der Waals surface area contributed by atoms with Crippen molar-refractivity contribution in [1.29, 1.82) is 0 Å². The molecule has 0 bridgehead atoms. The van der Waals surface area contributed by atoms with Crippen LogP contribution >= 0.6 is 0 Å². The topological polar surface area (TPSA) is 70.5 Å². The highest BCUT2D eigenvalue weighted by Crippen LogP contribution is 2.29. The second-order valence-electron chi connectivity index (χ2n) is 4.92. The Morgan fingerprint density at radius 1 is 1.53 bits per heavy atom. The molecular formula is C13H22N4O2. The molecule has 6 nitrogen and oxygen atoms in total. The van der Waals surface area contributed by atoms with E-state index in [9.17, 15) is 5.11 Å². The highest BCUT2D eigenvalue weighted by Gasteiger charge is 2.31. The van der Waals surface area contributed by atoms with E-state index in [0.29, 0.717) is 18.3 Å². The summed E-state index contributed by atoms with van der Waals surface area (Å²) in [5.41, 5.74) is 0. The molecule has 0 amide bonds. The minimum absolute atomic E-state index is 0.134. The summed E-state index contributed by atoms with van der Waals surface area (Å²) >= 11 is 0. The zero-order valence-electron chi connectivity index (χ0n) is 11.8. The first-order chi connectivity index (χ1) is 9.19. The van der Waals surface area contributed by atoms with Crippen molar-refractivity contribution in [2.24, 2.45) is 5.92 Å². The molecule has 0 aliphatic carbocycles. The number of rotatable bonds is 5. The third-order valence-electron chi connectivity index (χ3n) is 3.65. The van der Waals surface area contributed by atoms with E-state index in [0.717, 1.165) is 24.6 Å². The van der Waals surface area contributed by atoms with Gasteiger partial charge in [0.15, 0.2) is 5.82 Å². The van der Waals surface area contributed by atoms with Gasteiger partial charge >= 0.3 is 0 Å². The van der Waals surface area contributed by atoms with Gasteiger partial charge in [0.05, 0.1) is 12.6 Å². The average Bonchev–Trinajstić information content (AvgIpc) is 2.79. The van der Waals surface area contributed by atoms with Crippen molar-refractivity contribution in [3.05, 3.63) is 11.9 Å². The lowest BCUT2D eigenvalue weighted by Gasteiger charge is -2.26. The molecule has 0 saturated carbocycles. The summed E-state index contributed by atoms with van der Waals surface area (Å²) in [6.45, 7) is 3.62. The fourth-order valence-electron chi connectivity index (χ4n) is 2.52. The summed E-state index contributed by atoms with van der Waals surface area (Å²) in [6.07, 6.45) is 1.07. The molecule has 1 aromatic heterocycles. The zero-order valence-corrected chi connectivity index (χ0v) is 11.8. The lowest BCUT2D eigenvalue weighted by Crippen LogP contribution is -2.36. The number of nitrogens with zero attached hydrogens (tertiary/aromatic N) is 3. The van der Waals surface area contributed by atoms with Crippen LogP contribution in [0.1, 0.15) is 19.2 Å². The first-order valence-electron chi connectivity index (χ1n) is 6.61. The number of ether oxygens (including phenoxy) is 1. The third-order valence-corrected chi connectivity index (χ3v) is 3.65. The van der Waals surface area contributed by atoms with Gasteiger partial charge in [-0.1, -0.05) is 6.92 Å². The maximum absolute atomic E-state index is 9.54. The molecule has 0 radical (unpaired) electrons. The van der Waals surface area contributed by atoms with Crippen LogP contribution in [0.2, 0.25) is 0 Å². The van der Waals surface area contributed by atoms with E-state index in [2.05, 4.69) is 27.1 Å². The number of anilines is 2. The Labute approximate surface area is 113 Å². The van der Waals surface area contributed by atoms with Gasteiger partial charge in [0.2, 0.25) is 0 Å². The highest BCUT2D eigenvalue weighted by atomic mass is 16.5. The van der Waals surface area contributed by atoms with Gasteiger partial charge in [0.1, 0.15) is 18.2 Å². The molecule has 2 rings (SSSR count). The second kappa shape index (κ2) is 6.16. The summed E-state index contributed by atoms with van der Waals surface area (Å²) < 4.78 is 5.10. The molecule has 6 heteroatoms. The number of hydrogen-bond donors (Lipinski definition) is 2. The molecule has 2 N–H and O–H groups in total. The monoisotopic (exact) mass is 266 g/mol. The molecule has 0 aromatic carbocycles. The van der Waals surface area contributed by atoms with Crippen LogP contribution in [-0.4, -0.2) is 48.4 Å². The maximum atomic E-state index is 9.54. The quantitative estimate of drug-likeness (QED) is 0.824. The molecule has 1 fully saturated rings. The standard InChI is InChI=1S/C13H22N4O2/c1-9-4-5-17(10(9)7-18)13-6-11(14-2)15-12(16-13)8-19-3/h6,9-10,18H,4-5,7-8H2,1-3H3,(H,14,15,16). The van der Waals surface area contributed by atoms with Gasteiger partial charge in [-0.3, -0.25) is 0 Å². The van der Waals surface area contributed by atoms with E-state index >= 15 is 0 Å². The van der Waals surface area contributed by atoms with Crippen molar-refractivity contribution in [1.82, 2.24) is 9.97 Å². The molecule has 19 heavy (non-hydrogen) atoms. The van der Waals surface area contributed by atoms with Gasteiger partial charge in [0.25, 0.3) is 0 Å². The first kappa shape index (κ1) is 14.0. The molecule has 1 saturated heterocycles. The molecule has 1 aromatic rings. The number of hydrogen-bond acceptors (Lipinski definition) is 6. The van der Waals surface area contributed by atoms with Crippen LogP contribution in [0.5, 0.6) is 0 Å².